The average molecular weight is 284 g/mol. The second-order valence-electron chi connectivity index (χ2n) is 4.39. The van der Waals surface area contributed by atoms with Gasteiger partial charge in [-0.2, -0.15) is 0 Å². The van der Waals surface area contributed by atoms with Crippen LogP contribution >= 0.6 is 0 Å². The van der Waals surface area contributed by atoms with Crippen LogP contribution in [-0.4, -0.2) is 26.2 Å². The van der Waals surface area contributed by atoms with Gasteiger partial charge in [-0.1, -0.05) is 0 Å². The zero-order valence-electron chi connectivity index (χ0n) is 10.6. The van der Waals surface area contributed by atoms with Crippen molar-refractivity contribution >= 4 is 17.0 Å². The van der Waals surface area contributed by atoms with Crippen LogP contribution in [0.1, 0.15) is 10.4 Å². The van der Waals surface area contributed by atoms with Crippen molar-refractivity contribution in [3.63, 3.8) is 0 Å². The number of carbonyl (C=O) groups is 1. The summed E-state index contributed by atoms with van der Waals surface area (Å²) in [5, 5.41) is 18.7. The van der Waals surface area contributed by atoms with Crippen LogP contribution in [0.4, 0.5) is 4.39 Å². The molecule has 0 radical (unpaired) electrons. The monoisotopic (exact) mass is 284 g/mol. The molecule has 2 N–H and O–H groups in total. The van der Waals surface area contributed by atoms with Crippen molar-refractivity contribution in [2.45, 2.75) is 0 Å². The van der Waals surface area contributed by atoms with Crippen LogP contribution in [0.3, 0.4) is 0 Å². The number of hydrogen-bond donors (Lipinski definition) is 2. The number of nitrogens with zero attached hydrogens (tertiary/aromatic N) is 2. The summed E-state index contributed by atoms with van der Waals surface area (Å²) in [5.41, 5.74) is 1.31. The van der Waals surface area contributed by atoms with E-state index in [-0.39, 0.29) is 22.6 Å². The summed E-state index contributed by atoms with van der Waals surface area (Å²) in [6, 6.07) is 8.47. The van der Waals surface area contributed by atoms with Crippen LogP contribution in [-0.2, 0) is 0 Å². The van der Waals surface area contributed by atoms with E-state index in [2.05, 4.69) is 9.97 Å². The fourth-order valence-corrected chi connectivity index (χ4v) is 2.05. The van der Waals surface area contributed by atoms with Gasteiger partial charge in [0.1, 0.15) is 22.6 Å². The second-order valence-corrected chi connectivity index (χ2v) is 4.39. The summed E-state index contributed by atoms with van der Waals surface area (Å²) in [7, 11) is 0. The van der Waals surface area contributed by atoms with Gasteiger partial charge in [-0.05, 0) is 36.4 Å². The van der Waals surface area contributed by atoms with Crippen molar-refractivity contribution in [2.75, 3.05) is 0 Å². The number of phenols is 1. The van der Waals surface area contributed by atoms with E-state index in [4.69, 9.17) is 5.11 Å². The summed E-state index contributed by atoms with van der Waals surface area (Å²) in [5.74, 6) is -1.99. The Morgan fingerprint density at radius 2 is 1.81 bits per heavy atom. The molecular formula is C15H9FN2O3. The van der Waals surface area contributed by atoms with Crippen LogP contribution in [0.5, 0.6) is 5.75 Å². The van der Waals surface area contributed by atoms with Gasteiger partial charge in [0.15, 0.2) is 0 Å². The predicted molar refractivity (Wildman–Crippen MR) is 73.6 cm³/mol. The first-order valence-electron chi connectivity index (χ1n) is 6.04. The Hall–Kier alpha value is -3.02. The lowest BCUT2D eigenvalue weighted by atomic mass is 10.1. The van der Waals surface area contributed by atoms with Crippen molar-refractivity contribution in [3.05, 3.63) is 54.0 Å². The molecule has 6 heteroatoms. The summed E-state index contributed by atoms with van der Waals surface area (Å²) in [6.07, 6.45) is 1.39. The first kappa shape index (κ1) is 13.0. The van der Waals surface area contributed by atoms with E-state index in [1.807, 2.05) is 0 Å². The molecule has 0 amide bonds. The number of aromatic hydroxyl groups is 1. The molecule has 0 fully saturated rings. The molecule has 104 valence electrons. The van der Waals surface area contributed by atoms with Gasteiger partial charge in [0.05, 0.1) is 17.4 Å². The zero-order valence-corrected chi connectivity index (χ0v) is 10.6. The Bertz CT molecular complexity index is 847. The molecule has 0 saturated carbocycles. The Morgan fingerprint density at radius 1 is 1.10 bits per heavy atom. The lowest BCUT2D eigenvalue weighted by Gasteiger charge is -2.06. The maximum Gasteiger partial charge on any atom is 0.341 e. The molecule has 0 atom stereocenters. The molecule has 0 unspecified atom stereocenters. The van der Waals surface area contributed by atoms with Gasteiger partial charge >= 0.3 is 5.97 Å². The molecular weight excluding hydrogens is 275 g/mol. The lowest BCUT2D eigenvalue weighted by Crippen LogP contribution is -2.01. The highest BCUT2D eigenvalue weighted by molar-refractivity contribution is 6.03. The fourth-order valence-electron chi connectivity index (χ4n) is 2.05. The van der Waals surface area contributed by atoms with Crippen LogP contribution in [0.2, 0.25) is 0 Å². The van der Waals surface area contributed by atoms with Crippen molar-refractivity contribution in [1.82, 2.24) is 9.97 Å². The Labute approximate surface area is 118 Å². The second kappa shape index (κ2) is 4.82. The molecule has 0 bridgehead atoms. The fraction of sp³-hybridized carbons (Fsp3) is 0. The standard InChI is InChI=1S/C15H9FN2O3/c16-9-3-1-8(2-4-9)11-7-17-14-10(18-11)5-6-12(19)13(14)15(20)21/h1-7,19H,(H,20,21). The van der Waals surface area contributed by atoms with Crippen molar-refractivity contribution in [3.8, 4) is 17.0 Å². The summed E-state index contributed by atoms with van der Waals surface area (Å²) >= 11 is 0. The van der Waals surface area contributed by atoms with Gasteiger partial charge in [0.2, 0.25) is 0 Å². The van der Waals surface area contributed by atoms with E-state index in [0.717, 1.165) is 0 Å². The third-order valence-corrected chi connectivity index (χ3v) is 3.05. The molecule has 0 aliphatic rings. The topological polar surface area (TPSA) is 83.3 Å². The van der Waals surface area contributed by atoms with Crippen molar-refractivity contribution in [1.29, 1.82) is 0 Å². The molecule has 1 heterocycles. The minimum atomic E-state index is -1.28. The summed E-state index contributed by atoms with van der Waals surface area (Å²) < 4.78 is 12.9. The lowest BCUT2D eigenvalue weighted by molar-refractivity contribution is 0.0696. The van der Waals surface area contributed by atoms with E-state index in [9.17, 15) is 14.3 Å². The average Bonchev–Trinajstić information content (AvgIpc) is 2.47. The normalized spacial score (nSPS) is 10.7. The number of carboxylic acid groups (broad SMARTS) is 1. The Morgan fingerprint density at radius 3 is 2.48 bits per heavy atom. The number of hydrogen-bond acceptors (Lipinski definition) is 4. The number of aromatic carboxylic acids is 1. The molecule has 5 nitrogen and oxygen atoms in total. The van der Waals surface area contributed by atoms with E-state index in [0.29, 0.717) is 16.8 Å². The number of halogens is 1. The minimum absolute atomic E-state index is 0.105. The van der Waals surface area contributed by atoms with Crippen LogP contribution in [0, 0.1) is 5.82 Å². The summed E-state index contributed by atoms with van der Waals surface area (Å²) in [6.45, 7) is 0. The van der Waals surface area contributed by atoms with Crippen molar-refractivity contribution < 1.29 is 19.4 Å². The van der Waals surface area contributed by atoms with Gasteiger partial charge in [-0.25, -0.2) is 14.2 Å². The third-order valence-electron chi connectivity index (χ3n) is 3.05. The Kier molecular flexibility index (Phi) is 2.98. The molecule has 0 saturated heterocycles. The molecule has 3 aromatic rings. The molecule has 21 heavy (non-hydrogen) atoms. The first-order valence-corrected chi connectivity index (χ1v) is 6.04. The summed E-state index contributed by atoms with van der Waals surface area (Å²) in [4.78, 5) is 19.5. The first-order chi connectivity index (χ1) is 10.1. The zero-order chi connectivity index (χ0) is 15.0. The highest BCUT2D eigenvalue weighted by atomic mass is 19.1. The van der Waals surface area contributed by atoms with Gasteiger partial charge in [-0.3, -0.25) is 4.98 Å². The van der Waals surface area contributed by atoms with Crippen LogP contribution in [0.25, 0.3) is 22.3 Å². The quantitative estimate of drug-likeness (QED) is 0.756. The van der Waals surface area contributed by atoms with Gasteiger partial charge in [0.25, 0.3) is 0 Å². The van der Waals surface area contributed by atoms with E-state index < -0.39 is 5.97 Å². The smallest absolute Gasteiger partial charge is 0.341 e. The molecule has 0 aliphatic heterocycles. The highest BCUT2D eigenvalue weighted by Gasteiger charge is 2.16. The van der Waals surface area contributed by atoms with Gasteiger partial charge in [0, 0.05) is 5.56 Å². The number of rotatable bonds is 2. The Balaban J connectivity index is 2.20. The molecule has 2 aromatic carbocycles. The van der Waals surface area contributed by atoms with Gasteiger partial charge in [-0.15, -0.1) is 0 Å². The maximum atomic E-state index is 12.9. The largest absolute Gasteiger partial charge is 0.507 e. The van der Waals surface area contributed by atoms with E-state index in [1.165, 1.54) is 30.5 Å². The number of aromatic nitrogens is 2. The predicted octanol–water partition coefficient (Wildman–Crippen LogP) is 2.84. The van der Waals surface area contributed by atoms with E-state index in [1.54, 1.807) is 12.1 Å². The third kappa shape index (κ3) is 2.27. The van der Waals surface area contributed by atoms with Crippen molar-refractivity contribution in [2.24, 2.45) is 0 Å². The number of carboxylic acids is 1. The SMILES string of the molecule is O=C(O)c1c(O)ccc2nc(-c3ccc(F)cc3)cnc12. The minimum Gasteiger partial charge on any atom is -0.507 e. The molecule has 3 rings (SSSR count). The molecule has 0 aliphatic carbocycles. The maximum absolute atomic E-state index is 12.9. The van der Waals surface area contributed by atoms with E-state index >= 15 is 0 Å². The highest BCUT2D eigenvalue weighted by Crippen LogP contribution is 2.26. The number of benzene rings is 2. The molecule has 0 spiro atoms. The van der Waals surface area contributed by atoms with Gasteiger partial charge < -0.3 is 10.2 Å². The molecule has 1 aromatic heterocycles. The van der Waals surface area contributed by atoms with Crippen LogP contribution < -0.4 is 0 Å². The van der Waals surface area contributed by atoms with Crippen LogP contribution in [0.15, 0.2) is 42.6 Å². The number of fused-ring (bicyclic) bond motifs is 1.